The average molecular weight is 179 g/mol. The van der Waals surface area contributed by atoms with Crippen molar-refractivity contribution >= 4 is 0 Å². The fourth-order valence-electron chi connectivity index (χ4n) is 1.86. The van der Waals surface area contributed by atoms with Gasteiger partial charge in [0.2, 0.25) is 0 Å². The molecule has 0 spiro atoms. The highest BCUT2D eigenvalue weighted by atomic mass is 14.9. The number of imidazole rings is 1. The van der Waals surface area contributed by atoms with Gasteiger partial charge in [0.15, 0.2) is 0 Å². The molecule has 0 unspecified atom stereocenters. The minimum absolute atomic E-state index is 0.654. The number of aromatic amines is 1. The topological polar surface area (TPSA) is 40.7 Å². The van der Waals surface area contributed by atoms with E-state index in [1.165, 1.54) is 24.4 Å². The molecule has 2 heterocycles. The number of aryl methyl sites for hydroxylation is 1. The van der Waals surface area contributed by atoms with Gasteiger partial charge in [0.05, 0.1) is 0 Å². The standard InChI is InChI=1S/C10H17N3/c1-2-9-7-12-10(13-9)8-3-5-11-6-4-8/h7-8,11H,2-6H2,1H3,(H,12,13). The monoisotopic (exact) mass is 179 g/mol. The first-order valence-electron chi connectivity index (χ1n) is 5.14. The van der Waals surface area contributed by atoms with E-state index in [9.17, 15) is 0 Å². The van der Waals surface area contributed by atoms with Gasteiger partial charge in [0.1, 0.15) is 5.82 Å². The van der Waals surface area contributed by atoms with Crippen molar-refractivity contribution in [2.24, 2.45) is 0 Å². The van der Waals surface area contributed by atoms with Crippen molar-refractivity contribution in [2.75, 3.05) is 13.1 Å². The van der Waals surface area contributed by atoms with E-state index in [1.807, 2.05) is 6.20 Å². The minimum atomic E-state index is 0.654. The summed E-state index contributed by atoms with van der Waals surface area (Å²) in [4.78, 5) is 7.82. The third kappa shape index (κ3) is 1.91. The number of nitrogens with zero attached hydrogens (tertiary/aromatic N) is 1. The largest absolute Gasteiger partial charge is 0.346 e. The molecule has 0 bridgehead atoms. The summed E-state index contributed by atoms with van der Waals surface area (Å²) >= 11 is 0. The number of H-pyrrole nitrogens is 1. The van der Waals surface area contributed by atoms with Crippen molar-refractivity contribution in [3.8, 4) is 0 Å². The fraction of sp³-hybridized carbons (Fsp3) is 0.700. The summed E-state index contributed by atoms with van der Waals surface area (Å²) in [6, 6.07) is 0. The Morgan fingerprint density at radius 3 is 2.85 bits per heavy atom. The maximum Gasteiger partial charge on any atom is 0.109 e. The molecule has 1 aliphatic rings. The van der Waals surface area contributed by atoms with Crippen LogP contribution in [0.1, 0.15) is 37.2 Å². The Kier molecular flexibility index (Phi) is 2.64. The lowest BCUT2D eigenvalue weighted by Crippen LogP contribution is -2.27. The third-order valence-electron chi connectivity index (χ3n) is 2.75. The molecule has 0 radical (unpaired) electrons. The normalized spacial score (nSPS) is 19.2. The van der Waals surface area contributed by atoms with Crippen LogP contribution in [0.4, 0.5) is 0 Å². The van der Waals surface area contributed by atoms with Gasteiger partial charge in [-0.2, -0.15) is 0 Å². The molecule has 1 saturated heterocycles. The quantitative estimate of drug-likeness (QED) is 0.721. The number of piperidine rings is 1. The highest BCUT2D eigenvalue weighted by Crippen LogP contribution is 2.22. The first-order chi connectivity index (χ1) is 6.40. The Morgan fingerprint density at radius 2 is 2.23 bits per heavy atom. The Bertz CT molecular complexity index is 261. The van der Waals surface area contributed by atoms with E-state index in [-0.39, 0.29) is 0 Å². The van der Waals surface area contributed by atoms with Gasteiger partial charge >= 0.3 is 0 Å². The van der Waals surface area contributed by atoms with Crippen molar-refractivity contribution in [3.63, 3.8) is 0 Å². The van der Waals surface area contributed by atoms with Crippen LogP contribution in [0.3, 0.4) is 0 Å². The van der Waals surface area contributed by atoms with Crippen molar-refractivity contribution < 1.29 is 0 Å². The molecule has 1 aliphatic heterocycles. The van der Waals surface area contributed by atoms with E-state index in [4.69, 9.17) is 0 Å². The second kappa shape index (κ2) is 3.92. The second-order valence-electron chi connectivity index (χ2n) is 3.67. The maximum atomic E-state index is 4.43. The highest BCUT2D eigenvalue weighted by Gasteiger charge is 2.17. The molecular weight excluding hydrogens is 162 g/mol. The lowest BCUT2D eigenvalue weighted by atomic mass is 9.98. The molecule has 0 saturated carbocycles. The van der Waals surface area contributed by atoms with Crippen LogP contribution in [-0.4, -0.2) is 23.1 Å². The van der Waals surface area contributed by atoms with E-state index >= 15 is 0 Å². The molecule has 2 N–H and O–H groups in total. The van der Waals surface area contributed by atoms with Crippen LogP contribution in [0.5, 0.6) is 0 Å². The van der Waals surface area contributed by atoms with E-state index in [0.29, 0.717) is 5.92 Å². The van der Waals surface area contributed by atoms with Gasteiger partial charge in [-0.3, -0.25) is 0 Å². The maximum absolute atomic E-state index is 4.43. The lowest BCUT2D eigenvalue weighted by Gasteiger charge is -2.20. The number of nitrogens with one attached hydrogen (secondary N) is 2. The van der Waals surface area contributed by atoms with Crippen molar-refractivity contribution in [2.45, 2.75) is 32.1 Å². The SMILES string of the molecule is CCc1cnc(C2CCNCC2)[nH]1. The predicted molar refractivity (Wildman–Crippen MR) is 52.8 cm³/mol. The smallest absolute Gasteiger partial charge is 0.109 e. The Balaban J connectivity index is 2.05. The van der Waals surface area contributed by atoms with Crippen LogP contribution in [-0.2, 0) is 6.42 Å². The number of rotatable bonds is 2. The second-order valence-corrected chi connectivity index (χ2v) is 3.67. The number of aromatic nitrogens is 2. The zero-order valence-electron chi connectivity index (χ0n) is 8.14. The van der Waals surface area contributed by atoms with Crippen LogP contribution < -0.4 is 5.32 Å². The van der Waals surface area contributed by atoms with Crippen molar-refractivity contribution in [1.82, 2.24) is 15.3 Å². The third-order valence-corrected chi connectivity index (χ3v) is 2.75. The highest BCUT2D eigenvalue weighted by molar-refractivity contribution is 5.06. The van der Waals surface area contributed by atoms with E-state index in [1.54, 1.807) is 0 Å². The van der Waals surface area contributed by atoms with Crippen LogP contribution >= 0.6 is 0 Å². The molecule has 0 atom stereocenters. The molecule has 3 nitrogen and oxygen atoms in total. The Labute approximate surface area is 79.0 Å². The van der Waals surface area contributed by atoms with Gasteiger partial charge in [-0.1, -0.05) is 6.92 Å². The summed E-state index contributed by atoms with van der Waals surface area (Å²) in [6.45, 7) is 4.42. The first kappa shape index (κ1) is 8.75. The molecule has 72 valence electrons. The van der Waals surface area contributed by atoms with Gasteiger partial charge < -0.3 is 10.3 Å². The molecule has 0 aliphatic carbocycles. The van der Waals surface area contributed by atoms with Crippen molar-refractivity contribution in [1.29, 1.82) is 0 Å². The predicted octanol–water partition coefficient (Wildman–Crippen LogP) is 1.44. The van der Waals surface area contributed by atoms with Gasteiger partial charge in [-0.25, -0.2) is 4.98 Å². The Morgan fingerprint density at radius 1 is 1.46 bits per heavy atom. The lowest BCUT2D eigenvalue weighted by molar-refractivity contribution is 0.447. The molecule has 13 heavy (non-hydrogen) atoms. The van der Waals surface area contributed by atoms with Crippen LogP contribution in [0.25, 0.3) is 0 Å². The molecule has 3 heteroatoms. The van der Waals surface area contributed by atoms with E-state index in [2.05, 4.69) is 22.2 Å². The van der Waals surface area contributed by atoms with E-state index < -0.39 is 0 Å². The zero-order chi connectivity index (χ0) is 9.10. The van der Waals surface area contributed by atoms with Crippen molar-refractivity contribution in [3.05, 3.63) is 17.7 Å². The van der Waals surface area contributed by atoms with Gasteiger partial charge in [0, 0.05) is 17.8 Å². The van der Waals surface area contributed by atoms with Crippen LogP contribution in [0.15, 0.2) is 6.20 Å². The molecule has 2 rings (SSSR count). The number of hydrogen-bond acceptors (Lipinski definition) is 2. The summed E-state index contributed by atoms with van der Waals surface area (Å²) in [5.41, 5.74) is 1.26. The minimum Gasteiger partial charge on any atom is -0.346 e. The summed E-state index contributed by atoms with van der Waals surface area (Å²) < 4.78 is 0. The van der Waals surface area contributed by atoms with Crippen LogP contribution in [0, 0.1) is 0 Å². The average Bonchev–Trinajstić information content (AvgIpc) is 2.67. The van der Waals surface area contributed by atoms with Crippen LogP contribution in [0.2, 0.25) is 0 Å². The van der Waals surface area contributed by atoms with Gasteiger partial charge in [0.25, 0.3) is 0 Å². The van der Waals surface area contributed by atoms with Gasteiger partial charge in [-0.05, 0) is 32.4 Å². The summed E-state index contributed by atoms with van der Waals surface area (Å²) in [5.74, 6) is 1.85. The molecular formula is C10H17N3. The zero-order valence-corrected chi connectivity index (χ0v) is 8.14. The fourth-order valence-corrected chi connectivity index (χ4v) is 1.86. The molecule has 1 fully saturated rings. The molecule has 0 aromatic carbocycles. The first-order valence-corrected chi connectivity index (χ1v) is 5.14. The summed E-state index contributed by atoms with van der Waals surface area (Å²) in [7, 11) is 0. The Hall–Kier alpha value is -0.830. The molecule has 1 aromatic rings. The molecule has 1 aromatic heterocycles. The molecule has 0 amide bonds. The summed E-state index contributed by atoms with van der Waals surface area (Å²) in [6.07, 6.45) is 5.46. The summed E-state index contributed by atoms with van der Waals surface area (Å²) in [5, 5.41) is 3.36. The van der Waals surface area contributed by atoms with Gasteiger partial charge in [-0.15, -0.1) is 0 Å². The van der Waals surface area contributed by atoms with E-state index in [0.717, 1.165) is 19.5 Å². The number of hydrogen-bond donors (Lipinski definition) is 2.